The Labute approximate surface area is 150 Å². The molecule has 0 saturated carbocycles. The molecule has 0 amide bonds. The van der Waals surface area contributed by atoms with Gasteiger partial charge in [-0.2, -0.15) is 0 Å². The van der Waals surface area contributed by atoms with Crippen LogP contribution < -0.4 is 11.1 Å². The summed E-state index contributed by atoms with van der Waals surface area (Å²) in [7, 11) is 0. The van der Waals surface area contributed by atoms with Crippen LogP contribution in [0, 0.1) is 5.82 Å². The molecule has 0 aromatic carbocycles. The molecular weight excluding hydrogens is 347 g/mol. The van der Waals surface area contributed by atoms with Crippen LogP contribution in [0.1, 0.15) is 13.8 Å². The molecule has 8 heteroatoms. The lowest BCUT2D eigenvalue weighted by molar-refractivity contribution is -0.177. The molecule has 1 aliphatic heterocycles. The minimum atomic E-state index is -0.460. The van der Waals surface area contributed by atoms with Gasteiger partial charge in [0.1, 0.15) is 5.82 Å². The third kappa shape index (κ3) is 4.36. The molecule has 1 aliphatic rings. The lowest BCUT2D eigenvalue weighted by Crippen LogP contribution is -2.45. The van der Waals surface area contributed by atoms with Gasteiger partial charge in [0.25, 0.3) is 0 Å². The maximum absolute atomic E-state index is 14.1. The Morgan fingerprint density at radius 1 is 1.44 bits per heavy atom. The number of nitrogen functional groups attached to an aromatic ring is 1. The van der Waals surface area contributed by atoms with Crippen molar-refractivity contribution in [1.82, 2.24) is 9.97 Å². The van der Waals surface area contributed by atoms with E-state index in [1.54, 1.807) is 12.1 Å². The minimum absolute atomic E-state index is 0.121. The summed E-state index contributed by atoms with van der Waals surface area (Å²) in [5.74, 6) is -0.0242. The fraction of sp³-hybridized carbons (Fsp3) is 0.412. The zero-order valence-corrected chi connectivity index (χ0v) is 14.8. The number of nitrogens with one attached hydrogen (secondary N) is 1. The molecule has 1 unspecified atom stereocenters. The lowest BCUT2D eigenvalue weighted by Gasteiger charge is -2.36. The van der Waals surface area contributed by atoms with E-state index in [1.165, 1.54) is 12.3 Å². The van der Waals surface area contributed by atoms with E-state index in [-0.39, 0.29) is 17.5 Å². The number of ether oxygens (including phenoxy) is 2. The molecule has 1 atom stereocenters. The fourth-order valence-corrected chi connectivity index (χ4v) is 2.83. The molecule has 134 valence electrons. The second-order valence-electron chi connectivity index (χ2n) is 6.51. The number of hydrogen-bond acceptors (Lipinski definition) is 6. The fourth-order valence-electron chi connectivity index (χ4n) is 2.63. The van der Waals surface area contributed by atoms with Crippen LogP contribution >= 0.6 is 11.6 Å². The van der Waals surface area contributed by atoms with Gasteiger partial charge in [0.05, 0.1) is 35.6 Å². The zero-order valence-electron chi connectivity index (χ0n) is 14.1. The van der Waals surface area contributed by atoms with Crippen LogP contribution in [0.5, 0.6) is 0 Å². The van der Waals surface area contributed by atoms with E-state index in [9.17, 15) is 4.39 Å². The molecule has 0 aliphatic carbocycles. The number of halogens is 2. The van der Waals surface area contributed by atoms with Gasteiger partial charge in [-0.05, 0) is 32.0 Å². The molecule has 3 N–H and O–H groups in total. The largest absolute Gasteiger partial charge is 0.384 e. The van der Waals surface area contributed by atoms with Gasteiger partial charge in [-0.3, -0.25) is 0 Å². The highest BCUT2D eigenvalue weighted by Gasteiger charge is 2.29. The Bertz CT molecular complexity index is 772. The van der Waals surface area contributed by atoms with E-state index in [0.717, 1.165) is 0 Å². The first-order valence-electron chi connectivity index (χ1n) is 7.91. The van der Waals surface area contributed by atoms with Gasteiger partial charge >= 0.3 is 0 Å². The number of rotatable bonds is 4. The highest BCUT2D eigenvalue weighted by molar-refractivity contribution is 6.33. The summed E-state index contributed by atoms with van der Waals surface area (Å²) < 4.78 is 25.5. The average molecular weight is 367 g/mol. The monoisotopic (exact) mass is 366 g/mol. The standard InChI is InChI=1S/C17H20ClFN4O2/c1-17(2)9-24-8-10(25-17)6-22-16-13(19)3-4-14(23-16)11-5-15(20)21-7-12(11)18/h3-5,7,10H,6,8-9H2,1-2H3,(H2,20,21)(H,22,23). The Kier molecular flexibility index (Phi) is 5.08. The van der Waals surface area contributed by atoms with Crippen molar-refractivity contribution in [3.05, 3.63) is 35.2 Å². The van der Waals surface area contributed by atoms with E-state index in [1.807, 2.05) is 13.8 Å². The van der Waals surface area contributed by atoms with Crippen molar-refractivity contribution < 1.29 is 13.9 Å². The van der Waals surface area contributed by atoms with E-state index in [0.29, 0.717) is 41.9 Å². The summed E-state index contributed by atoms with van der Waals surface area (Å²) in [5.41, 5.74) is 6.43. The van der Waals surface area contributed by atoms with Gasteiger partial charge < -0.3 is 20.5 Å². The van der Waals surface area contributed by atoms with Crippen molar-refractivity contribution in [2.45, 2.75) is 25.6 Å². The van der Waals surface area contributed by atoms with Crippen LogP contribution in [-0.2, 0) is 9.47 Å². The van der Waals surface area contributed by atoms with Crippen molar-refractivity contribution in [3.8, 4) is 11.3 Å². The maximum Gasteiger partial charge on any atom is 0.165 e. The molecule has 3 rings (SSSR count). The molecule has 0 bridgehead atoms. The second kappa shape index (κ2) is 7.11. The molecule has 0 radical (unpaired) electrons. The van der Waals surface area contributed by atoms with Gasteiger partial charge in [0, 0.05) is 18.3 Å². The third-order valence-corrected chi connectivity index (χ3v) is 4.04. The molecule has 25 heavy (non-hydrogen) atoms. The molecule has 2 aromatic rings. The Hall–Kier alpha value is -1.96. The number of pyridine rings is 2. The number of anilines is 2. The van der Waals surface area contributed by atoms with Crippen molar-refractivity contribution in [3.63, 3.8) is 0 Å². The Morgan fingerprint density at radius 2 is 2.24 bits per heavy atom. The predicted molar refractivity (Wildman–Crippen MR) is 95.1 cm³/mol. The number of hydrogen-bond donors (Lipinski definition) is 2. The van der Waals surface area contributed by atoms with Crippen molar-refractivity contribution in [2.24, 2.45) is 0 Å². The van der Waals surface area contributed by atoms with Gasteiger partial charge in [-0.1, -0.05) is 11.6 Å². The third-order valence-electron chi connectivity index (χ3n) is 3.73. The maximum atomic E-state index is 14.1. The average Bonchev–Trinajstić information content (AvgIpc) is 2.55. The number of nitrogens with zero attached hydrogens (tertiary/aromatic N) is 2. The van der Waals surface area contributed by atoms with Crippen LogP contribution in [0.4, 0.5) is 16.0 Å². The summed E-state index contributed by atoms with van der Waals surface area (Å²) >= 11 is 6.14. The molecule has 3 heterocycles. The van der Waals surface area contributed by atoms with Gasteiger partial charge in [0.2, 0.25) is 0 Å². The Morgan fingerprint density at radius 3 is 3.00 bits per heavy atom. The molecule has 6 nitrogen and oxygen atoms in total. The van der Waals surface area contributed by atoms with Crippen LogP contribution in [0.2, 0.25) is 5.02 Å². The van der Waals surface area contributed by atoms with Crippen LogP contribution in [-0.4, -0.2) is 41.4 Å². The highest BCUT2D eigenvalue weighted by atomic mass is 35.5. The number of aromatic nitrogens is 2. The molecule has 2 aromatic heterocycles. The normalized spacial score (nSPS) is 19.6. The topological polar surface area (TPSA) is 82.3 Å². The van der Waals surface area contributed by atoms with Crippen LogP contribution in [0.15, 0.2) is 24.4 Å². The molecule has 0 spiro atoms. The summed E-state index contributed by atoms with van der Waals surface area (Å²) in [6, 6.07) is 4.48. The highest BCUT2D eigenvalue weighted by Crippen LogP contribution is 2.29. The quantitative estimate of drug-likeness (QED) is 0.865. The van der Waals surface area contributed by atoms with E-state index in [4.69, 9.17) is 26.8 Å². The Balaban J connectivity index is 1.77. The first-order valence-corrected chi connectivity index (χ1v) is 8.29. The van der Waals surface area contributed by atoms with Gasteiger partial charge in [-0.15, -0.1) is 0 Å². The molecule has 1 fully saturated rings. The predicted octanol–water partition coefficient (Wildman–Crippen LogP) is 3.12. The SMILES string of the molecule is CC1(C)COCC(CNc2nc(-c3cc(N)ncc3Cl)ccc2F)O1. The first-order chi connectivity index (χ1) is 11.8. The summed E-state index contributed by atoms with van der Waals surface area (Å²) in [4.78, 5) is 8.23. The van der Waals surface area contributed by atoms with Crippen LogP contribution in [0.3, 0.4) is 0 Å². The van der Waals surface area contributed by atoms with Crippen molar-refractivity contribution >= 4 is 23.2 Å². The van der Waals surface area contributed by atoms with Gasteiger partial charge in [0.15, 0.2) is 11.6 Å². The second-order valence-corrected chi connectivity index (χ2v) is 6.92. The van der Waals surface area contributed by atoms with E-state index in [2.05, 4.69) is 15.3 Å². The van der Waals surface area contributed by atoms with Gasteiger partial charge in [-0.25, -0.2) is 14.4 Å². The lowest BCUT2D eigenvalue weighted by atomic mass is 10.1. The molecule has 1 saturated heterocycles. The van der Waals surface area contributed by atoms with E-state index >= 15 is 0 Å². The zero-order chi connectivity index (χ0) is 18.0. The smallest absolute Gasteiger partial charge is 0.165 e. The summed E-state index contributed by atoms with van der Waals surface area (Å²) in [6.45, 7) is 5.27. The van der Waals surface area contributed by atoms with Crippen molar-refractivity contribution in [1.29, 1.82) is 0 Å². The first kappa shape index (κ1) is 17.8. The van der Waals surface area contributed by atoms with E-state index < -0.39 is 5.82 Å². The summed E-state index contributed by atoms with van der Waals surface area (Å²) in [5, 5.41) is 3.38. The summed E-state index contributed by atoms with van der Waals surface area (Å²) in [6.07, 6.45) is 1.26. The van der Waals surface area contributed by atoms with Crippen LogP contribution in [0.25, 0.3) is 11.3 Å². The number of nitrogens with two attached hydrogens (primary N) is 1. The van der Waals surface area contributed by atoms with Crippen molar-refractivity contribution in [2.75, 3.05) is 30.8 Å². The molecular formula is C17H20ClFN4O2. The minimum Gasteiger partial charge on any atom is -0.384 e.